The molecule has 0 bridgehead atoms. The molecule has 2 rings (SSSR count). The maximum Gasteiger partial charge on any atom is 0.164 e. The number of nitrogens with zero attached hydrogens (tertiary/aromatic N) is 1. The van der Waals surface area contributed by atoms with Gasteiger partial charge >= 0.3 is 0 Å². The third kappa shape index (κ3) is 4.23. The third-order valence-corrected chi connectivity index (χ3v) is 3.46. The molecule has 0 atom stereocenters. The molecule has 106 valence electrons. The second-order valence-electron chi connectivity index (χ2n) is 4.62. The third-order valence-electron chi connectivity index (χ3n) is 2.96. The van der Waals surface area contributed by atoms with Crippen molar-refractivity contribution in [2.45, 2.75) is 26.3 Å². The SMILES string of the molecule is CCCC(=O)c1ccn(CCOc2cccc(Br)c2)c1. The molecule has 0 spiro atoms. The number of carbonyl (C=O) groups is 1. The second-order valence-corrected chi connectivity index (χ2v) is 5.53. The highest BCUT2D eigenvalue weighted by molar-refractivity contribution is 9.10. The quantitative estimate of drug-likeness (QED) is 0.706. The van der Waals surface area contributed by atoms with Crippen LogP contribution in [0.1, 0.15) is 30.1 Å². The summed E-state index contributed by atoms with van der Waals surface area (Å²) in [7, 11) is 0. The zero-order valence-electron chi connectivity index (χ0n) is 11.5. The maximum atomic E-state index is 11.7. The fourth-order valence-corrected chi connectivity index (χ4v) is 2.32. The van der Waals surface area contributed by atoms with Gasteiger partial charge in [0.15, 0.2) is 5.78 Å². The van der Waals surface area contributed by atoms with E-state index in [1.807, 2.05) is 54.2 Å². The fraction of sp³-hybridized carbons (Fsp3) is 0.312. The number of hydrogen-bond acceptors (Lipinski definition) is 2. The van der Waals surface area contributed by atoms with E-state index in [4.69, 9.17) is 4.74 Å². The largest absolute Gasteiger partial charge is 0.492 e. The molecule has 0 saturated heterocycles. The number of carbonyl (C=O) groups excluding carboxylic acids is 1. The van der Waals surface area contributed by atoms with Gasteiger partial charge in [-0.25, -0.2) is 0 Å². The van der Waals surface area contributed by atoms with Gasteiger partial charge in [-0.15, -0.1) is 0 Å². The summed E-state index contributed by atoms with van der Waals surface area (Å²) >= 11 is 3.41. The molecule has 0 unspecified atom stereocenters. The maximum absolute atomic E-state index is 11.7. The summed E-state index contributed by atoms with van der Waals surface area (Å²) in [6.07, 6.45) is 5.31. The normalized spacial score (nSPS) is 10.5. The molecule has 4 heteroatoms. The Labute approximate surface area is 127 Å². The van der Waals surface area contributed by atoms with E-state index in [1.165, 1.54) is 0 Å². The monoisotopic (exact) mass is 335 g/mol. The highest BCUT2D eigenvalue weighted by Crippen LogP contribution is 2.17. The van der Waals surface area contributed by atoms with Crippen molar-refractivity contribution < 1.29 is 9.53 Å². The van der Waals surface area contributed by atoms with Crippen LogP contribution >= 0.6 is 15.9 Å². The van der Waals surface area contributed by atoms with Gasteiger partial charge in [-0.3, -0.25) is 4.79 Å². The summed E-state index contributed by atoms with van der Waals surface area (Å²) in [5.41, 5.74) is 0.786. The van der Waals surface area contributed by atoms with E-state index in [9.17, 15) is 4.79 Å². The lowest BCUT2D eigenvalue weighted by Gasteiger charge is -2.07. The van der Waals surface area contributed by atoms with E-state index in [0.29, 0.717) is 13.0 Å². The van der Waals surface area contributed by atoms with Crippen LogP contribution in [0.3, 0.4) is 0 Å². The summed E-state index contributed by atoms with van der Waals surface area (Å²) in [6.45, 7) is 3.32. The molecule has 0 N–H and O–H groups in total. The van der Waals surface area contributed by atoms with Gasteiger partial charge in [0.25, 0.3) is 0 Å². The Hall–Kier alpha value is -1.55. The summed E-state index contributed by atoms with van der Waals surface area (Å²) in [5.74, 6) is 1.05. The van der Waals surface area contributed by atoms with Gasteiger partial charge in [0.2, 0.25) is 0 Å². The lowest BCUT2D eigenvalue weighted by Crippen LogP contribution is -2.06. The number of rotatable bonds is 7. The molecular weight excluding hydrogens is 318 g/mol. The van der Waals surface area contributed by atoms with E-state index in [0.717, 1.165) is 28.8 Å². The van der Waals surface area contributed by atoms with Crippen LogP contribution in [-0.2, 0) is 6.54 Å². The van der Waals surface area contributed by atoms with E-state index in [2.05, 4.69) is 15.9 Å². The summed E-state index contributed by atoms with van der Waals surface area (Å²) in [4.78, 5) is 11.7. The fourth-order valence-electron chi connectivity index (χ4n) is 1.94. The Morgan fingerprint density at radius 3 is 2.95 bits per heavy atom. The highest BCUT2D eigenvalue weighted by atomic mass is 79.9. The van der Waals surface area contributed by atoms with Crippen LogP contribution in [-0.4, -0.2) is 17.0 Å². The molecule has 0 aliphatic carbocycles. The lowest BCUT2D eigenvalue weighted by atomic mass is 10.1. The molecule has 20 heavy (non-hydrogen) atoms. The summed E-state index contributed by atoms with van der Waals surface area (Å²) in [6, 6.07) is 9.64. The van der Waals surface area contributed by atoms with Crippen molar-refractivity contribution in [3.63, 3.8) is 0 Å². The molecule has 3 nitrogen and oxygen atoms in total. The Kier molecular flexibility index (Phi) is 5.41. The molecule has 0 aliphatic rings. The van der Waals surface area contributed by atoms with Gasteiger partial charge in [0, 0.05) is 28.9 Å². The van der Waals surface area contributed by atoms with Crippen molar-refractivity contribution in [2.24, 2.45) is 0 Å². The minimum atomic E-state index is 0.208. The van der Waals surface area contributed by atoms with Gasteiger partial charge in [-0.1, -0.05) is 28.9 Å². The molecule has 1 heterocycles. The van der Waals surface area contributed by atoms with Crippen molar-refractivity contribution in [3.05, 3.63) is 52.8 Å². The van der Waals surface area contributed by atoms with Crippen LogP contribution in [0.25, 0.3) is 0 Å². The molecule has 0 fully saturated rings. The first-order valence-electron chi connectivity index (χ1n) is 6.76. The van der Waals surface area contributed by atoms with Crippen LogP contribution in [0.15, 0.2) is 47.2 Å². The number of aromatic nitrogens is 1. The van der Waals surface area contributed by atoms with Gasteiger partial charge in [-0.2, -0.15) is 0 Å². The first-order valence-corrected chi connectivity index (χ1v) is 7.55. The van der Waals surface area contributed by atoms with Crippen molar-refractivity contribution in [1.29, 1.82) is 0 Å². The van der Waals surface area contributed by atoms with Crippen LogP contribution < -0.4 is 4.74 Å². The topological polar surface area (TPSA) is 31.2 Å². The van der Waals surface area contributed by atoms with Crippen LogP contribution in [0.5, 0.6) is 5.75 Å². The Morgan fingerprint density at radius 1 is 1.35 bits per heavy atom. The predicted octanol–water partition coefficient (Wildman–Crippen LogP) is 4.31. The average molecular weight is 336 g/mol. The van der Waals surface area contributed by atoms with Gasteiger partial charge < -0.3 is 9.30 Å². The van der Waals surface area contributed by atoms with Crippen LogP contribution in [0.4, 0.5) is 0 Å². The number of hydrogen-bond donors (Lipinski definition) is 0. The van der Waals surface area contributed by atoms with Crippen LogP contribution in [0.2, 0.25) is 0 Å². The number of ether oxygens (including phenoxy) is 1. The van der Waals surface area contributed by atoms with Crippen molar-refractivity contribution >= 4 is 21.7 Å². The second kappa shape index (κ2) is 7.29. The zero-order valence-corrected chi connectivity index (χ0v) is 13.1. The standard InChI is InChI=1S/C16H18BrNO2/c1-2-4-16(19)13-7-8-18(12-13)9-10-20-15-6-3-5-14(17)11-15/h3,5-8,11-12H,2,4,9-10H2,1H3. The first kappa shape index (κ1) is 14.9. The minimum Gasteiger partial charge on any atom is -0.492 e. The van der Waals surface area contributed by atoms with E-state index in [1.54, 1.807) is 0 Å². The molecule has 0 radical (unpaired) electrons. The summed E-state index contributed by atoms with van der Waals surface area (Å²) in [5, 5.41) is 0. The Balaban J connectivity index is 1.84. The smallest absolute Gasteiger partial charge is 0.164 e. The van der Waals surface area contributed by atoms with E-state index in [-0.39, 0.29) is 5.78 Å². The van der Waals surface area contributed by atoms with Crippen molar-refractivity contribution in [3.8, 4) is 5.75 Å². The highest BCUT2D eigenvalue weighted by Gasteiger charge is 2.06. The zero-order chi connectivity index (χ0) is 14.4. The van der Waals surface area contributed by atoms with Crippen molar-refractivity contribution in [1.82, 2.24) is 4.57 Å². The minimum absolute atomic E-state index is 0.208. The van der Waals surface area contributed by atoms with Gasteiger partial charge in [0.1, 0.15) is 12.4 Å². The molecule has 0 saturated carbocycles. The molecule has 1 aromatic heterocycles. The number of Topliss-reactive ketones (excluding diaryl/α,β-unsaturated/α-hetero) is 1. The van der Waals surface area contributed by atoms with E-state index < -0.39 is 0 Å². The molecule has 0 amide bonds. The van der Waals surface area contributed by atoms with E-state index >= 15 is 0 Å². The predicted molar refractivity (Wildman–Crippen MR) is 83.3 cm³/mol. The summed E-state index contributed by atoms with van der Waals surface area (Å²) < 4.78 is 8.66. The Morgan fingerprint density at radius 2 is 2.20 bits per heavy atom. The molecule has 0 aliphatic heterocycles. The van der Waals surface area contributed by atoms with Gasteiger partial charge in [0.05, 0.1) is 6.54 Å². The number of halogens is 1. The number of ketones is 1. The van der Waals surface area contributed by atoms with Crippen molar-refractivity contribution in [2.75, 3.05) is 6.61 Å². The molecule has 1 aromatic carbocycles. The molecule has 2 aromatic rings. The first-order chi connectivity index (χ1) is 9.69. The van der Waals surface area contributed by atoms with Gasteiger partial charge in [-0.05, 0) is 30.7 Å². The lowest BCUT2D eigenvalue weighted by molar-refractivity contribution is 0.0981. The Bertz CT molecular complexity index is 577. The number of benzene rings is 1. The average Bonchev–Trinajstić information content (AvgIpc) is 2.88. The molecular formula is C16H18BrNO2. The van der Waals surface area contributed by atoms with Crippen LogP contribution in [0, 0.1) is 0 Å².